The summed E-state index contributed by atoms with van der Waals surface area (Å²) in [7, 11) is 0. The van der Waals surface area contributed by atoms with Gasteiger partial charge in [-0.3, -0.25) is 0 Å². The van der Waals surface area contributed by atoms with Crippen LogP contribution in [0.4, 0.5) is 0 Å². The molecule has 142 valence electrons. The van der Waals surface area contributed by atoms with Crippen molar-refractivity contribution < 1.29 is 9.53 Å². The second kappa shape index (κ2) is 9.70. The van der Waals surface area contributed by atoms with Gasteiger partial charge in [0.2, 0.25) is 0 Å². The SMILES string of the molecule is CC(C)Cc1ccc(C(=Cc2ccccc2)C(=O)OCc2ccccc2)cc1. The Morgan fingerprint density at radius 1 is 0.821 bits per heavy atom. The van der Waals surface area contributed by atoms with Crippen molar-refractivity contribution >= 4 is 17.6 Å². The largest absolute Gasteiger partial charge is 0.457 e. The van der Waals surface area contributed by atoms with E-state index in [9.17, 15) is 4.79 Å². The lowest BCUT2D eigenvalue weighted by atomic mass is 9.98. The summed E-state index contributed by atoms with van der Waals surface area (Å²) in [6.45, 7) is 4.67. The minimum atomic E-state index is -0.315. The first-order chi connectivity index (χ1) is 13.6. The number of carbonyl (C=O) groups is 1. The summed E-state index contributed by atoms with van der Waals surface area (Å²) in [6, 6.07) is 27.8. The fraction of sp³-hybridized carbons (Fsp3) is 0.192. The molecule has 0 unspecified atom stereocenters. The standard InChI is InChI=1S/C26H26O2/c1-20(2)17-22-13-15-24(16-14-22)25(18-21-9-5-3-6-10-21)26(27)28-19-23-11-7-4-8-12-23/h3-16,18,20H,17,19H2,1-2H3. The van der Waals surface area contributed by atoms with Gasteiger partial charge in [-0.1, -0.05) is 98.8 Å². The van der Waals surface area contributed by atoms with E-state index in [1.54, 1.807) is 0 Å². The van der Waals surface area contributed by atoms with E-state index in [1.165, 1.54) is 5.56 Å². The Balaban J connectivity index is 1.84. The zero-order valence-electron chi connectivity index (χ0n) is 16.5. The molecule has 0 heterocycles. The van der Waals surface area contributed by atoms with Crippen LogP contribution in [0.25, 0.3) is 11.6 Å². The third kappa shape index (κ3) is 5.68. The fourth-order valence-corrected chi connectivity index (χ4v) is 3.07. The van der Waals surface area contributed by atoms with E-state index in [4.69, 9.17) is 4.74 Å². The lowest BCUT2D eigenvalue weighted by molar-refractivity contribution is -0.137. The summed E-state index contributed by atoms with van der Waals surface area (Å²) in [5.41, 5.74) is 4.66. The van der Waals surface area contributed by atoms with Gasteiger partial charge < -0.3 is 4.74 Å². The van der Waals surface area contributed by atoms with E-state index in [0.717, 1.165) is 23.1 Å². The van der Waals surface area contributed by atoms with Crippen molar-refractivity contribution in [2.45, 2.75) is 26.9 Å². The molecule has 0 saturated heterocycles. The summed E-state index contributed by atoms with van der Waals surface area (Å²) >= 11 is 0. The monoisotopic (exact) mass is 370 g/mol. The highest BCUT2D eigenvalue weighted by Gasteiger charge is 2.14. The Bertz CT molecular complexity index is 908. The van der Waals surface area contributed by atoms with Gasteiger partial charge >= 0.3 is 5.97 Å². The van der Waals surface area contributed by atoms with Crippen LogP contribution in [0.5, 0.6) is 0 Å². The molecule has 0 aliphatic carbocycles. The minimum absolute atomic E-state index is 0.261. The molecule has 3 aromatic rings. The fourth-order valence-electron chi connectivity index (χ4n) is 3.07. The lowest BCUT2D eigenvalue weighted by Crippen LogP contribution is -2.07. The summed E-state index contributed by atoms with van der Waals surface area (Å²) in [6.07, 6.45) is 2.92. The van der Waals surface area contributed by atoms with Gasteiger partial charge in [-0.15, -0.1) is 0 Å². The number of benzene rings is 3. The third-order valence-corrected chi connectivity index (χ3v) is 4.45. The molecule has 0 saturated carbocycles. The van der Waals surface area contributed by atoms with Gasteiger partial charge in [0, 0.05) is 0 Å². The first-order valence-corrected chi connectivity index (χ1v) is 9.69. The van der Waals surface area contributed by atoms with Gasteiger partial charge in [0.1, 0.15) is 6.61 Å². The van der Waals surface area contributed by atoms with Gasteiger partial charge in [0.15, 0.2) is 0 Å². The third-order valence-electron chi connectivity index (χ3n) is 4.45. The van der Waals surface area contributed by atoms with Crippen molar-refractivity contribution in [3.8, 4) is 0 Å². The number of ether oxygens (including phenoxy) is 1. The maximum Gasteiger partial charge on any atom is 0.339 e. The van der Waals surface area contributed by atoms with E-state index in [-0.39, 0.29) is 12.6 Å². The number of rotatable bonds is 7. The van der Waals surface area contributed by atoms with Crippen LogP contribution in [0.1, 0.15) is 36.1 Å². The Kier molecular flexibility index (Phi) is 6.80. The Morgan fingerprint density at radius 2 is 1.43 bits per heavy atom. The van der Waals surface area contributed by atoms with E-state index in [2.05, 4.69) is 26.0 Å². The molecule has 0 fully saturated rings. The van der Waals surface area contributed by atoms with Crippen LogP contribution in [0.15, 0.2) is 84.9 Å². The molecule has 0 atom stereocenters. The van der Waals surface area contributed by atoms with Crippen LogP contribution in [0.2, 0.25) is 0 Å². The molecule has 0 bridgehead atoms. The van der Waals surface area contributed by atoms with Gasteiger partial charge in [0.05, 0.1) is 5.57 Å². The first kappa shape index (κ1) is 19.6. The average molecular weight is 370 g/mol. The molecule has 0 spiro atoms. The molecule has 0 N–H and O–H groups in total. The molecule has 2 nitrogen and oxygen atoms in total. The molecule has 2 heteroatoms. The quantitative estimate of drug-likeness (QED) is 0.282. The zero-order chi connectivity index (χ0) is 19.8. The van der Waals surface area contributed by atoms with Crippen molar-refractivity contribution in [3.63, 3.8) is 0 Å². The topological polar surface area (TPSA) is 26.3 Å². The summed E-state index contributed by atoms with van der Waals surface area (Å²) in [5, 5.41) is 0. The second-order valence-electron chi connectivity index (χ2n) is 7.33. The molecule has 0 amide bonds. The molecule has 3 aromatic carbocycles. The molecule has 28 heavy (non-hydrogen) atoms. The van der Waals surface area contributed by atoms with Gasteiger partial charge in [-0.2, -0.15) is 0 Å². The molecule has 0 aromatic heterocycles. The van der Waals surface area contributed by atoms with Crippen molar-refractivity contribution in [2.75, 3.05) is 0 Å². The molecule has 0 aliphatic rings. The predicted molar refractivity (Wildman–Crippen MR) is 116 cm³/mol. The van der Waals surface area contributed by atoms with E-state index in [0.29, 0.717) is 11.5 Å². The Morgan fingerprint density at radius 3 is 2.04 bits per heavy atom. The smallest absolute Gasteiger partial charge is 0.339 e. The molecule has 0 radical (unpaired) electrons. The molecular weight excluding hydrogens is 344 g/mol. The summed E-state index contributed by atoms with van der Waals surface area (Å²) in [4.78, 5) is 12.9. The Labute approximate surface area is 167 Å². The van der Waals surface area contributed by atoms with Gasteiger partial charge in [-0.05, 0) is 40.7 Å². The van der Waals surface area contributed by atoms with Gasteiger partial charge in [-0.25, -0.2) is 4.79 Å². The number of carbonyl (C=O) groups excluding carboxylic acids is 1. The molecule has 0 aliphatic heterocycles. The minimum Gasteiger partial charge on any atom is -0.457 e. The number of esters is 1. The number of hydrogen-bond acceptors (Lipinski definition) is 2. The highest BCUT2D eigenvalue weighted by Crippen LogP contribution is 2.22. The highest BCUT2D eigenvalue weighted by atomic mass is 16.5. The van der Waals surface area contributed by atoms with Crippen molar-refractivity contribution in [3.05, 3.63) is 107 Å². The summed E-state index contributed by atoms with van der Waals surface area (Å²) < 4.78 is 5.60. The van der Waals surface area contributed by atoms with Crippen molar-refractivity contribution in [2.24, 2.45) is 5.92 Å². The van der Waals surface area contributed by atoms with E-state index < -0.39 is 0 Å². The van der Waals surface area contributed by atoms with Crippen LogP contribution < -0.4 is 0 Å². The maximum atomic E-state index is 12.9. The van der Waals surface area contributed by atoms with Crippen LogP contribution in [-0.2, 0) is 22.6 Å². The summed E-state index contributed by atoms with van der Waals surface area (Å²) in [5.74, 6) is 0.283. The zero-order valence-corrected chi connectivity index (χ0v) is 16.5. The lowest BCUT2D eigenvalue weighted by Gasteiger charge is -2.11. The van der Waals surface area contributed by atoms with E-state index >= 15 is 0 Å². The maximum absolute atomic E-state index is 12.9. The average Bonchev–Trinajstić information content (AvgIpc) is 2.72. The van der Waals surface area contributed by atoms with Crippen LogP contribution in [0.3, 0.4) is 0 Å². The molecule has 3 rings (SSSR count). The molecular formula is C26H26O2. The van der Waals surface area contributed by atoms with Crippen LogP contribution in [0, 0.1) is 5.92 Å². The Hall–Kier alpha value is -3.13. The van der Waals surface area contributed by atoms with E-state index in [1.807, 2.05) is 78.9 Å². The van der Waals surface area contributed by atoms with Crippen LogP contribution in [-0.4, -0.2) is 5.97 Å². The normalized spacial score (nSPS) is 11.5. The van der Waals surface area contributed by atoms with Crippen LogP contribution >= 0.6 is 0 Å². The number of hydrogen-bond donors (Lipinski definition) is 0. The predicted octanol–water partition coefficient (Wildman–Crippen LogP) is 6.17. The van der Waals surface area contributed by atoms with Gasteiger partial charge in [0.25, 0.3) is 0 Å². The van der Waals surface area contributed by atoms with Crippen molar-refractivity contribution in [1.82, 2.24) is 0 Å². The second-order valence-corrected chi connectivity index (χ2v) is 7.33. The van der Waals surface area contributed by atoms with Crippen molar-refractivity contribution in [1.29, 1.82) is 0 Å². The first-order valence-electron chi connectivity index (χ1n) is 9.69. The highest BCUT2D eigenvalue weighted by molar-refractivity contribution is 6.21.